The number of rotatable bonds is 6. The lowest BCUT2D eigenvalue weighted by molar-refractivity contribution is -0.143. The Bertz CT molecular complexity index is 663. The zero-order chi connectivity index (χ0) is 18.7. The van der Waals surface area contributed by atoms with Gasteiger partial charge in [-0.1, -0.05) is 18.2 Å². The van der Waals surface area contributed by atoms with E-state index in [1.807, 2.05) is 35.2 Å². The van der Waals surface area contributed by atoms with Crippen LogP contribution in [0.15, 0.2) is 30.3 Å². The molecule has 3 aliphatic rings. The number of amides is 2. The monoisotopic (exact) mass is 370 g/mol. The minimum Gasteiger partial charge on any atom is -0.494 e. The molecule has 0 atom stereocenters. The standard InChI is InChI=1S/C22H30N2O3/c25-20(7-4-16-27-19-5-2-1-3-6-19)23-14-12-22(13-15-23)11-10-21(26)24(17-22)18-8-9-18/h1-3,5-6,18H,4,7-17H2. The number of hydrogen-bond acceptors (Lipinski definition) is 3. The molecule has 0 aromatic heterocycles. The Morgan fingerprint density at radius 1 is 1.11 bits per heavy atom. The van der Waals surface area contributed by atoms with Gasteiger partial charge in [0.05, 0.1) is 6.61 Å². The quantitative estimate of drug-likeness (QED) is 0.723. The summed E-state index contributed by atoms with van der Waals surface area (Å²) in [4.78, 5) is 28.9. The Morgan fingerprint density at radius 2 is 1.85 bits per heavy atom. The van der Waals surface area contributed by atoms with Crippen molar-refractivity contribution in [3.63, 3.8) is 0 Å². The molecule has 0 bridgehead atoms. The molecule has 1 spiro atoms. The van der Waals surface area contributed by atoms with Gasteiger partial charge in [0.15, 0.2) is 0 Å². The van der Waals surface area contributed by atoms with Gasteiger partial charge in [0.1, 0.15) is 5.75 Å². The first-order valence-electron chi connectivity index (χ1n) is 10.4. The maximum atomic E-state index is 12.5. The summed E-state index contributed by atoms with van der Waals surface area (Å²) < 4.78 is 5.68. The van der Waals surface area contributed by atoms with Crippen molar-refractivity contribution >= 4 is 11.8 Å². The average molecular weight is 370 g/mol. The Morgan fingerprint density at radius 3 is 2.56 bits per heavy atom. The number of benzene rings is 1. The molecule has 2 aliphatic heterocycles. The van der Waals surface area contributed by atoms with E-state index < -0.39 is 0 Å². The third-order valence-corrected chi connectivity index (χ3v) is 6.41. The molecule has 1 aromatic carbocycles. The number of piperidine rings is 2. The molecule has 146 valence electrons. The molecule has 3 fully saturated rings. The van der Waals surface area contributed by atoms with Gasteiger partial charge in [-0.25, -0.2) is 0 Å². The fraction of sp³-hybridized carbons (Fsp3) is 0.636. The van der Waals surface area contributed by atoms with E-state index >= 15 is 0 Å². The van der Waals surface area contributed by atoms with Crippen molar-refractivity contribution in [1.29, 1.82) is 0 Å². The van der Waals surface area contributed by atoms with Crippen molar-refractivity contribution in [1.82, 2.24) is 9.80 Å². The Kier molecular flexibility index (Phi) is 5.37. The minimum atomic E-state index is 0.243. The molecule has 27 heavy (non-hydrogen) atoms. The predicted octanol–water partition coefficient (Wildman–Crippen LogP) is 3.24. The van der Waals surface area contributed by atoms with Crippen LogP contribution in [0.4, 0.5) is 0 Å². The number of carbonyl (C=O) groups is 2. The molecular weight excluding hydrogens is 340 g/mol. The van der Waals surface area contributed by atoms with Crippen LogP contribution in [0, 0.1) is 5.41 Å². The van der Waals surface area contributed by atoms with Crippen LogP contribution in [0.25, 0.3) is 0 Å². The third kappa shape index (κ3) is 4.45. The first-order chi connectivity index (χ1) is 13.2. The lowest BCUT2D eigenvalue weighted by atomic mass is 9.72. The molecule has 2 heterocycles. The van der Waals surface area contributed by atoms with E-state index in [2.05, 4.69) is 4.90 Å². The number of ether oxygens (including phenoxy) is 1. The molecule has 1 aromatic rings. The fourth-order valence-corrected chi connectivity index (χ4v) is 4.49. The first-order valence-corrected chi connectivity index (χ1v) is 10.4. The van der Waals surface area contributed by atoms with Crippen LogP contribution in [0.2, 0.25) is 0 Å². The summed E-state index contributed by atoms with van der Waals surface area (Å²) in [7, 11) is 0. The summed E-state index contributed by atoms with van der Waals surface area (Å²) in [5, 5.41) is 0. The first kappa shape index (κ1) is 18.3. The van der Waals surface area contributed by atoms with Gasteiger partial charge in [-0.15, -0.1) is 0 Å². The normalized spacial score (nSPS) is 22.1. The van der Waals surface area contributed by atoms with E-state index in [1.165, 1.54) is 12.8 Å². The van der Waals surface area contributed by atoms with Crippen molar-refractivity contribution in [3.8, 4) is 5.75 Å². The zero-order valence-electron chi connectivity index (χ0n) is 16.1. The molecule has 4 rings (SSSR count). The van der Waals surface area contributed by atoms with Gasteiger partial charge in [-0.3, -0.25) is 9.59 Å². The van der Waals surface area contributed by atoms with E-state index in [4.69, 9.17) is 4.74 Å². The number of nitrogens with zero attached hydrogens (tertiary/aromatic N) is 2. The van der Waals surface area contributed by atoms with Crippen molar-refractivity contribution in [2.24, 2.45) is 5.41 Å². The number of hydrogen-bond donors (Lipinski definition) is 0. The van der Waals surface area contributed by atoms with Crippen molar-refractivity contribution < 1.29 is 14.3 Å². The Balaban J connectivity index is 1.19. The van der Waals surface area contributed by atoms with Crippen LogP contribution in [0.5, 0.6) is 5.75 Å². The smallest absolute Gasteiger partial charge is 0.222 e. The number of carbonyl (C=O) groups excluding carboxylic acids is 2. The van der Waals surface area contributed by atoms with Gasteiger partial charge in [0.2, 0.25) is 11.8 Å². The van der Waals surface area contributed by atoms with E-state index in [1.54, 1.807) is 0 Å². The topological polar surface area (TPSA) is 49.9 Å². The Hall–Kier alpha value is -2.04. The number of likely N-dealkylation sites (tertiary alicyclic amines) is 2. The van der Waals surface area contributed by atoms with Crippen LogP contribution in [0.3, 0.4) is 0 Å². The maximum absolute atomic E-state index is 12.5. The summed E-state index contributed by atoms with van der Waals surface area (Å²) in [5.41, 5.74) is 0.254. The molecule has 2 amide bonds. The summed E-state index contributed by atoms with van der Waals surface area (Å²) in [6.07, 6.45) is 7.43. The second kappa shape index (κ2) is 7.91. The van der Waals surface area contributed by atoms with Gasteiger partial charge < -0.3 is 14.5 Å². The molecule has 0 unspecified atom stereocenters. The molecule has 5 heteroatoms. The second-order valence-corrected chi connectivity index (χ2v) is 8.40. The maximum Gasteiger partial charge on any atom is 0.222 e. The third-order valence-electron chi connectivity index (χ3n) is 6.41. The second-order valence-electron chi connectivity index (χ2n) is 8.40. The van der Waals surface area contributed by atoms with E-state index in [0.29, 0.717) is 31.4 Å². The molecule has 2 saturated heterocycles. The number of para-hydroxylation sites is 1. The molecular formula is C22H30N2O3. The van der Waals surface area contributed by atoms with Crippen LogP contribution in [0.1, 0.15) is 51.4 Å². The molecule has 0 N–H and O–H groups in total. The highest BCUT2D eigenvalue weighted by Crippen LogP contribution is 2.43. The fourth-order valence-electron chi connectivity index (χ4n) is 4.49. The van der Waals surface area contributed by atoms with Gasteiger partial charge in [0.25, 0.3) is 0 Å². The van der Waals surface area contributed by atoms with Crippen LogP contribution >= 0.6 is 0 Å². The van der Waals surface area contributed by atoms with Crippen LogP contribution in [-0.2, 0) is 9.59 Å². The van der Waals surface area contributed by atoms with Crippen molar-refractivity contribution in [3.05, 3.63) is 30.3 Å². The van der Waals surface area contributed by atoms with Crippen molar-refractivity contribution in [2.75, 3.05) is 26.2 Å². The molecule has 0 radical (unpaired) electrons. The average Bonchev–Trinajstić information content (AvgIpc) is 3.54. The van der Waals surface area contributed by atoms with Gasteiger partial charge in [-0.05, 0) is 56.1 Å². The highest BCUT2D eigenvalue weighted by molar-refractivity contribution is 5.78. The largest absolute Gasteiger partial charge is 0.494 e. The van der Waals surface area contributed by atoms with Crippen LogP contribution in [-0.4, -0.2) is 53.9 Å². The molecule has 1 saturated carbocycles. The van der Waals surface area contributed by atoms with Gasteiger partial charge in [0, 0.05) is 38.5 Å². The van der Waals surface area contributed by atoms with Gasteiger partial charge in [-0.2, -0.15) is 0 Å². The highest BCUT2D eigenvalue weighted by atomic mass is 16.5. The summed E-state index contributed by atoms with van der Waals surface area (Å²) in [6.45, 7) is 3.17. The summed E-state index contributed by atoms with van der Waals surface area (Å²) >= 11 is 0. The van der Waals surface area contributed by atoms with E-state index in [9.17, 15) is 9.59 Å². The molecule has 1 aliphatic carbocycles. The Labute approximate surface area is 161 Å². The zero-order valence-corrected chi connectivity index (χ0v) is 16.1. The summed E-state index contributed by atoms with van der Waals surface area (Å²) in [5.74, 6) is 1.45. The lowest BCUT2D eigenvalue weighted by Gasteiger charge is -2.47. The van der Waals surface area contributed by atoms with Crippen LogP contribution < -0.4 is 4.74 Å². The summed E-state index contributed by atoms with van der Waals surface area (Å²) in [6, 6.07) is 10.3. The molecule has 5 nitrogen and oxygen atoms in total. The minimum absolute atomic E-state index is 0.243. The van der Waals surface area contributed by atoms with E-state index in [-0.39, 0.29) is 11.3 Å². The van der Waals surface area contributed by atoms with Gasteiger partial charge >= 0.3 is 0 Å². The SMILES string of the molecule is O=C(CCCOc1ccccc1)N1CCC2(CCC(=O)N(C3CC3)C2)CC1. The van der Waals surface area contributed by atoms with Crippen molar-refractivity contribution in [2.45, 2.75) is 57.4 Å². The predicted molar refractivity (Wildman–Crippen MR) is 103 cm³/mol. The van der Waals surface area contributed by atoms with E-state index in [0.717, 1.165) is 51.1 Å². The highest BCUT2D eigenvalue weighted by Gasteiger charge is 2.45. The lowest BCUT2D eigenvalue weighted by Crippen LogP contribution is -2.52.